The van der Waals surface area contributed by atoms with E-state index in [0.29, 0.717) is 24.0 Å². The average Bonchev–Trinajstić information content (AvgIpc) is 2.73. The van der Waals surface area contributed by atoms with Crippen LogP contribution in [0.5, 0.6) is 11.5 Å². The molecular formula is C22H21N3O2. The van der Waals surface area contributed by atoms with Gasteiger partial charge in [0.25, 0.3) is 0 Å². The Hall–Kier alpha value is -2.87. The highest BCUT2D eigenvalue weighted by molar-refractivity contribution is 6.14. The summed E-state index contributed by atoms with van der Waals surface area (Å²) < 4.78 is 11.4. The fourth-order valence-electron chi connectivity index (χ4n) is 3.90. The zero-order valence-corrected chi connectivity index (χ0v) is 15.5. The van der Waals surface area contributed by atoms with Crippen LogP contribution in [-0.2, 0) is 0 Å². The highest BCUT2D eigenvalue weighted by Crippen LogP contribution is 2.44. The highest BCUT2D eigenvalue weighted by atomic mass is 16.5. The number of aliphatic imine (C=N–C) groups is 1. The van der Waals surface area contributed by atoms with Crippen LogP contribution < -0.4 is 9.47 Å². The molecule has 27 heavy (non-hydrogen) atoms. The van der Waals surface area contributed by atoms with E-state index in [1.54, 1.807) is 19.4 Å². The van der Waals surface area contributed by atoms with Crippen molar-refractivity contribution >= 4 is 5.71 Å². The first-order valence-corrected chi connectivity index (χ1v) is 9.25. The van der Waals surface area contributed by atoms with Crippen molar-refractivity contribution in [1.29, 1.82) is 5.26 Å². The first-order valence-electron chi connectivity index (χ1n) is 9.25. The van der Waals surface area contributed by atoms with Crippen molar-refractivity contribution in [3.8, 4) is 17.6 Å². The third kappa shape index (κ3) is 3.16. The maximum atomic E-state index is 9.02. The van der Waals surface area contributed by atoms with Crippen molar-refractivity contribution < 1.29 is 9.47 Å². The molecule has 2 aromatic rings. The molecule has 0 spiro atoms. The molecule has 5 nitrogen and oxygen atoms in total. The van der Waals surface area contributed by atoms with Crippen LogP contribution in [0.4, 0.5) is 0 Å². The lowest BCUT2D eigenvalue weighted by Crippen LogP contribution is -2.30. The molecule has 0 unspecified atom stereocenters. The number of fused-ring (bicyclic) bond motifs is 3. The van der Waals surface area contributed by atoms with Crippen LogP contribution in [0.2, 0.25) is 0 Å². The summed E-state index contributed by atoms with van der Waals surface area (Å²) in [4.78, 5) is 9.31. The molecule has 2 heterocycles. The van der Waals surface area contributed by atoms with Gasteiger partial charge in [-0.3, -0.25) is 4.99 Å². The van der Waals surface area contributed by atoms with E-state index >= 15 is 0 Å². The molecule has 2 aliphatic rings. The number of nitrogens with zero attached hydrogens (tertiary/aromatic N) is 3. The van der Waals surface area contributed by atoms with Crippen molar-refractivity contribution in [1.82, 2.24) is 4.98 Å². The number of rotatable bonds is 4. The van der Waals surface area contributed by atoms with E-state index in [2.05, 4.69) is 23.5 Å². The van der Waals surface area contributed by atoms with Gasteiger partial charge in [0.05, 0.1) is 25.5 Å². The van der Waals surface area contributed by atoms with Gasteiger partial charge in [0.1, 0.15) is 11.8 Å². The van der Waals surface area contributed by atoms with Crippen molar-refractivity contribution in [2.75, 3.05) is 13.7 Å². The first-order chi connectivity index (χ1) is 13.2. The zero-order valence-electron chi connectivity index (χ0n) is 15.5. The molecule has 1 aliphatic carbocycles. The summed E-state index contributed by atoms with van der Waals surface area (Å²) in [6.45, 7) is 2.56. The molecule has 0 bridgehead atoms. The van der Waals surface area contributed by atoms with Gasteiger partial charge in [-0.15, -0.1) is 0 Å². The van der Waals surface area contributed by atoms with E-state index in [0.717, 1.165) is 41.9 Å². The van der Waals surface area contributed by atoms with Crippen LogP contribution in [-0.4, -0.2) is 30.5 Å². The summed E-state index contributed by atoms with van der Waals surface area (Å²) in [5.74, 6) is 1.78. The van der Waals surface area contributed by atoms with Crippen molar-refractivity contribution in [2.45, 2.75) is 38.1 Å². The number of methoxy groups -OCH3 is 1. The molecule has 5 heteroatoms. The maximum absolute atomic E-state index is 9.02. The van der Waals surface area contributed by atoms with Crippen molar-refractivity contribution in [2.24, 2.45) is 4.99 Å². The Balaban J connectivity index is 1.87. The Morgan fingerprint density at radius 3 is 2.89 bits per heavy atom. The summed E-state index contributed by atoms with van der Waals surface area (Å²) in [6, 6.07) is 10.1. The Kier molecular flexibility index (Phi) is 4.81. The van der Waals surface area contributed by atoms with Gasteiger partial charge in [-0.25, -0.2) is 4.98 Å². The van der Waals surface area contributed by atoms with E-state index in [-0.39, 0.29) is 6.04 Å². The molecule has 1 aromatic carbocycles. The van der Waals surface area contributed by atoms with E-state index in [1.165, 1.54) is 5.56 Å². The topological polar surface area (TPSA) is 67.5 Å². The van der Waals surface area contributed by atoms with Gasteiger partial charge in [-0.05, 0) is 62.4 Å². The third-order valence-electron chi connectivity index (χ3n) is 5.18. The molecule has 0 N–H and O–H groups in total. The number of ether oxygens (including phenoxy) is 2. The second-order valence-corrected chi connectivity index (χ2v) is 6.71. The Bertz CT molecular complexity index is 912. The fraction of sp³-hybridized carbons (Fsp3) is 0.364. The van der Waals surface area contributed by atoms with Gasteiger partial charge in [0.15, 0.2) is 11.5 Å². The van der Waals surface area contributed by atoms with Crippen molar-refractivity contribution in [3.05, 3.63) is 59.3 Å². The molecule has 0 saturated heterocycles. The Morgan fingerprint density at radius 2 is 2.19 bits per heavy atom. The normalized spacial score (nSPS) is 20.7. The van der Waals surface area contributed by atoms with Gasteiger partial charge in [-0.2, -0.15) is 5.26 Å². The number of aromatic nitrogens is 1. The van der Waals surface area contributed by atoms with Gasteiger partial charge < -0.3 is 9.47 Å². The second kappa shape index (κ2) is 7.40. The predicted molar refractivity (Wildman–Crippen MR) is 102 cm³/mol. The molecule has 1 fully saturated rings. The van der Waals surface area contributed by atoms with E-state index in [9.17, 15) is 0 Å². The lowest BCUT2D eigenvalue weighted by molar-refractivity contribution is 0.309. The van der Waals surface area contributed by atoms with Crippen LogP contribution in [0.25, 0.3) is 0 Å². The molecule has 136 valence electrons. The lowest BCUT2D eigenvalue weighted by atomic mass is 9.75. The summed E-state index contributed by atoms with van der Waals surface area (Å²) in [7, 11) is 1.65. The molecular weight excluding hydrogens is 338 g/mol. The SMILES string of the molecule is CCOc1cc2c(cc1OC)C(c1ccc(C#N)nc1)=N[C@@H]1CC[C]C[C@H]21. The lowest BCUT2D eigenvalue weighted by Gasteiger charge is -2.35. The van der Waals surface area contributed by atoms with Crippen molar-refractivity contribution in [3.63, 3.8) is 0 Å². The zero-order chi connectivity index (χ0) is 18.8. The Labute approximate surface area is 159 Å². The van der Waals surface area contributed by atoms with Crippen LogP contribution in [0, 0.1) is 17.8 Å². The quantitative estimate of drug-likeness (QED) is 0.829. The van der Waals surface area contributed by atoms with Crippen LogP contribution >= 0.6 is 0 Å². The monoisotopic (exact) mass is 359 g/mol. The van der Waals surface area contributed by atoms with E-state index in [4.69, 9.17) is 19.7 Å². The number of nitriles is 1. The van der Waals surface area contributed by atoms with Crippen LogP contribution in [0.1, 0.15) is 54.5 Å². The molecule has 4 rings (SSSR count). The summed E-state index contributed by atoms with van der Waals surface area (Å²) in [6.07, 6.45) is 8.07. The summed E-state index contributed by atoms with van der Waals surface area (Å²) in [5.41, 5.74) is 4.50. The molecule has 2 atom stereocenters. The number of pyridine rings is 1. The maximum Gasteiger partial charge on any atom is 0.161 e. The summed E-state index contributed by atoms with van der Waals surface area (Å²) >= 11 is 0. The molecule has 1 aliphatic heterocycles. The second-order valence-electron chi connectivity index (χ2n) is 6.71. The fourth-order valence-corrected chi connectivity index (χ4v) is 3.90. The van der Waals surface area contributed by atoms with Gasteiger partial charge in [0.2, 0.25) is 0 Å². The number of hydrogen-bond acceptors (Lipinski definition) is 5. The highest BCUT2D eigenvalue weighted by Gasteiger charge is 2.34. The van der Waals surface area contributed by atoms with Crippen LogP contribution in [0.3, 0.4) is 0 Å². The van der Waals surface area contributed by atoms with Gasteiger partial charge >= 0.3 is 0 Å². The Morgan fingerprint density at radius 1 is 1.30 bits per heavy atom. The molecule has 2 radical (unpaired) electrons. The minimum atomic E-state index is 0.229. The minimum absolute atomic E-state index is 0.229. The molecule has 0 amide bonds. The van der Waals surface area contributed by atoms with E-state index < -0.39 is 0 Å². The predicted octanol–water partition coefficient (Wildman–Crippen LogP) is 3.93. The standard InChI is InChI=1S/C22H21N3O2/c1-3-27-21-10-17-16-6-4-5-7-19(16)25-22(18(17)11-20(21)26-2)14-8-9-15(12-23)24-13-14/h8-11,13,16,19H,3,5-7H2,1-2H3/t16-,19-/m1/s1. The minimum Gasteiger partial charge on any atom is -0.493 e. The van der Waals surface area contributed by atoms with Crippen LogP contribution in [0.15, 0.2) is 35.5 Å². The van der Waals surface area contributed by atoms with Gasteiger partial charge in [-0.1, -0.05) is 0 Å². The number of benzene rings is 1. The molecule has 1 saturated carbocycles. The number of hydrogen-bond donors (Lipinski definition) is 0. The smallest absolute Gasteiger partial charge is 0.161 e. The van der Waals surface area contributed by atoms with E-state index in [1.807, 2.05) is 19.1 Å². The third-order valence-corrected chi connectivity index (χ3v) is 5.18. The average molecular weight is 359 g/mol. The summed E-state index contributed by atoms with van der Waals surface area (Å²) in [5, 5.41) is 9.02. The first kappa shape index (κ1) is 17.5. The van der Waals surface area contributed by atoms with Gasteiger partial charge in [0, 0.05) is 23.2 Å². The largest absolute Gasteiger partial charge is 0.493 e. The molecule has 1 aromatic heterocycles.